The van der Waals surface area contributed by atoms with E-state index in [0.29, 0.717) is 5.92 Å². The minimum Gasteiger partial charge on any atom is -0.461 e. The predicted molar refractivity (Wildman–Crippen MR) is 68.7 cm³/mol. The van der Waals surface area contributed by atoms with E-state index in [4.69, 9.17) is 4.42 Å². The molecule has 3 heteroatoms. The molecule has 1 N–H and O–H groups in total. The van der Waals surface area contributed by atoms with E-state index in [9.17, 15) is 0 Å². The van der Waals surface area contributed by atoms with Crippen LogP contribution in [0.2, 0.25) is 0 Å². The Kier molecular flexibility index (Phi) is 2.39. The van der Waals surface area contributed by atoms with Gasteiger partial charge in [-0.3, -0.25) is 9.89 Å². The molecule has 0 saturated carbocycles. The summed E-state index contributed by atoms with van der Waals surface area (Å²) in [7, 11) is 4.15. The van der Waals surface area contributed by atoms with Crippen LogP contribution in [0.25, 0.3) is 11.0 Å². The van der Waals surface area contributed by atoms with E-state index in [-0.39, 0.29) is 0 Å². The number of nitrogens with zero attached hydrogens (tertiary/aromatic N) is 1. The van der Waals surface area contributed by atoms with Gasteiger partial charge in [-0.1, -0.05) is 18.2 Å². The first kappa shape index (κ1) is 10.4. The summed E-state index contributed by atoms with van der Waals surface area (Å²) in [5, 5.41) is 4.63. The summed E-state index contributed by atoms with van der Waals surface area (Å²) in [6, 6.07) is 10.4. The zero-order chi connectivity index (χ0) is 11.8. The Labute approximate surface area is 101 Å². The van der Waals surface area contributed by atoms with Gasteiger partial charge in [-0.15, -0.1) is 0 Å². The van der Waals surface area contributed by atoms with Crippen LogP contribution in [0.15, 0.2) is 34.7 Å². The van der Waals surface area contributed by atoms with Gasteiger partial charge >= 0.3 is 0 Å². The van der Waals surface area contributed by atoms with Crippen LogP contribution in [0, 0.1) is 0 Å². The maximum Gasteiger partial charge on any atom is 0.245 e. The average Bonchev–Trinajstić information content (AvgIpc) is 2.95. The van der Waals surface area contributed by atoms with Gasteiger partial charge in [-0.25, -0.2) is 0 Å². The summed E-state index contributed by atoms with van der Waals surface area (Å²) in [5.74, 6) is 2.84. The van der Waals surface area contributed by atoms with Crippen molar-refractivity contribution in [2.45, 2.75) is 12.3 Å². The lowest BCUT2D eigenvalue weighted by Crippen LogP contribution is -2.23. The molecule has 1 aliphatic rings. The van der Waals surface area contributed by atoms with Gasteiger partial charge in [0.25, 0.3) is 0 Å². The number of amidine groups is 1. The van der Waals surface area contributed by atoms with Crippen LogP contribution in [-0.2, 0) is 0 Å². The summed E-state index contributed by atoms with van der Waals surface area (Å²) in [5.41, 5.74) is 0.987. The van der Waals surface area contributed by atoms with Crippen molar-refractivity contribution in [2.75, 3.05) is 20.6 Å². The molecule has 2 heterocycles. The third kappa shape index (κ3) is 1.82. The van der Waals surface area contributed by atoms with Gasteiger partial charge in [0.05, 0.1) is 33.0 Å². The van der Waals surface area contributed by atoms with Crippen molar-refractivity contribution >= 4 is 16.8 Å². The lowest BCUT2D eigenvalue weighted by Gasteiger charge is -1.98. The SMILES string of the molecule is C[N+](C)=C1C[C@H](c2cc3ccccc3o2)CN1. The van der Waals surface area contributed by atoms with Crippen molar-refractivity contribution in [3.63, 3.8) is 0 Å². The van der Waals surface area contributed by atoms with Gasteiger partial charge in [-0.2, -0.15) is 0 Å². The van der Waals surface area contributed by atoms with Crippen LogP contribution < -0.4 is 5.32 Å². The number of benzene rings is 1. The second kappa shape index (κ2) is 3.91. The maximum atomic E-state index is 5.91. The summed E-state index contributed by atoms with van der Waals surface area (Å²) in [6.45, 7) is 0.966. The lowest BCUT2D eigenvalue weighted by atomic mass is 10.1. The minimum absolute atomic E-state index is 0.458. The number of para-hydroxylation sites is 1. The Morgan fingerprint density at radius 3 is 2.82 bits per heavy atom. The Morgan fingerprint density at radius 2 is 2.12 bits per heavy atom. The Bertz CT molecular complexity index is 546. The van der Waals surface area contributed by atoms with E-state index in [1.54, 1.807) is 0 Å². The number of hydrogen-bond donors (Lipinski definition) is 1. The molecule has 1 atom stereocenters. The quantitative estimate of drug-likeness (QED) is 0.759. The molecule has 0 aliphatic carbocycles. The molecule has 17 heavy (non-hydrogen) atoms. The first-order chi connectivity index (χ1) is 8.24. The first-order valence-electron chi connectivity index (χ1n) is 5.99. The largest absolute Gasteiger partial charge is 0.461 e. The molecule has 3 rings (SSSR count). The maximum absolute atomic E-state index is 5.91. The zero-order valence-electron chi connectivity index (χ0n) is 10.2. The second-order valence-corrected chi connectivity index (χ2v) is 4.81. The smallest absolute Gasteiger partial charge is 0.245 e. The highest BCUT2D eigenvalue weighted by molar-refractivity contribution is 5.82. The molecule has 0 unspecified atom stereocenters. The van der Waals surface area contributed by atoms with E-state index in [2.05, 4.69) is 36.1 Å². The van der Waals surface area contributed by atoms with Crippen molar-refractivity contribution in [3.8, 4) is 0 Å². The third-order valence-corrected chi connectivity index (χ3v) is 3.38. The summed E-state index contributed by atoms with van der Waals surface area (Å²) < 4.78 is 8.05. The molecule has 88 valence electrons. The monoisotopic (exact) mass is 229 g/mol. The van der Waals surface area contributed by atoms with Gasteiger partial charge in [-0.05, 0) is 12.1 Å². The fourth-order valence-electron chi connectivity index (χ4n) is 2.36. The summed E-state index contributed by atoms with van der Waals surface area (Å²) in [6.07, 6.45) is 1.03. The molecule has 1 saturated heterocycles. The molecule has 1 aromatic heterocycles. The lowest BCUT2D eigenvalue weighted by molar-refractivity contribution is -0.467. The Hall–Kier alpha value is -1.77. The van der Waals surface area contributed by atoms with Gasteiger partial charge in [0.2, 0.25) is 5.84 Å². The van der Waals surface area contributed by atoms with E-state index in [1.165, 1.54) is 11.2 Å². The van der Waals surface area contributed by atoms with Gasteiger partial charge in [0.1, 0.15) is 11.3 Å². The molecule has 0 amide bonds. The fourth-order valence-corrected chi connectivity index (χ4v) is 2.36. The molecular weight excluding hydrogens is 212 g/mol. The van der Waals surface area contributed by atoms with Crippen LogP contribution >= 0.6 is 0 Å². The fraction of sp³-hybridized carbons (Fsp3) is 0.357. The summed E-state index contributed by atoms with van der Waals surface area (Å²) >= 11 is 0. The molecular formula is C14H17N2O+. The topological polar surface area (TPSA) is 28.2 Å². The van der Waals surface area contributed by atoms with E-state index < -0.39 is 0 Å². The standard InChI is InChI=1S/C14H16N2O/c1-16(2)14-8-11(9-15-14)13-7-10-5-3-4-6-12(10)17-13/h3-7,11H,8-9H2,1-2H3/p+1/t11-/m0/s1. The van der Waals surface area contributed by atoms with Crippen LogP contribution in [0.1, 0.15) is 18.1 Å². The average molecular weight is 229 g/mol. The highest BCUT2D eigenvalue weighted by Crippen LogP contribution is 2.29. The van der Waals surface area contributed by atoms with Crippen LogP contribution in [0.3, 0.4) is 0 Å². The van der Waals surface area contributed by atoms with Gasteiger partial charge in [0, 0.05) is 5.39 Å². The number of furan rings is 1. The molecule has 2 aromatic rings. The molecule has 1 aromatic carbocycles. The number of hydrogen-bond acceptors (Lipinski definition) is 1. The second-order valence-electron chi connectivity index (χ2n) is 4.81. The Morgan fingerprint density at radius 1 is 1.29 bits per heavy atom. The molecule has 1 aliphatic heterocycles. The molecule has 1 fully saturated rings. The first-order valence-corrected chi connectivity index (χ1v) is 5.99. The van der Waals surface area contributed by atoms with Crippen molar-refractivity contribution in [3.05, 3.63) is 36.1 Å². The molecule has 0 spiro atoms. The highest BCUT2D eigenvalue weighted by Gasteiger charge is 2.30. The van der Waals surface area contributed by atoms with Crippen molar-refractivity contribution in [2.24, 2.45) is 0 Å². The molecule has 3 nitrogen and oxygen atoms in total. The predicted octanol–water partition coefficient (Wildman–Crippen LogP) is 2.18. The summed E-state index contributed by atoms with van der Waals surface area (Å²) in [4.78, 5) is 0. The van der Waals surface area contributed by atoms with Gasteiger partial charge in [0.15, 0.2) is 0 Å². The number of fused-ring (bicyclic) bond motifs is 1. The van der Waals surface area contributed by atoms with E-state index >= 15 is 0 Å². The van der Waals surface area contributed by atoms with Crippen molar-refractivity contribution in [1.29, 1.82) is 0 Å². The molecule has 0 bridgehead atoms. The van der Waals surface area contributed by atoms with Crippen LogP contribution in [-0.4, -0.2) is 31.1 Å². The zero-order valence-corrected chi connectivity index (χ0v) is 10.2. The number of rotatable bonds is 1. The van der Waals surface area contributed by atoms with Gasteiger partial charge < -0.3 is 4.42 Å². The van der Waals surface area contributed by atoms with Crippen LogP contribution in [0.4, 0.5) is 0 Å². The van der Waals surface area contributed by atoms with E-state index in [0.717, 1.165) is 24.3 Å². The van der Waals surface area contributed by atoms with Crippen LogP contribution in [0.5, 0.6) is 0 Å². The Balaban J connectivity index is 1.93. The highest BCUT2D eigenvalue weighted by atomic mass is 16.3. The minimum atomic E-state index is 0.458. The normalized spacial score (nSPS) is 19.6. The third-order valence-electron chi connectivity index (χ3n) is 3.38. The van der Waals surface area contributed by atoms with Crippen molar-refractivity contribution in [1.82, 2.24) is 5.32 Å². The van der Waals surface area contributed by atoms with E-state index in [1.807, 2.05) is 18.2 Å². The molecule has 0 radical (unpaired) electrons. The van der Waals surface area contributed by atoms with Crippen molar-refractivity contribution < 1.29 is 8.99 Å². The number of nitrogens with one attached hydrogen (secondary N) is 1.